The molecule has 0 aromatic heterocycles. The summed E-state index contributed by atoms with van der Waals surface area (Å²) in [7, 11) is 0. The van der Waals surface area contributed by atoms with Crippen molar-refractivity contribution in [2.45, 2.75) is 50.7 Å². The Balaban J connectivity index is 1.38. The number of piperazine rings is 1. The highest BCUT2D eigenvalue weighted by Gasteiger charge is 2.31. The largest absolute Gasteiger partial charge is 0.416 e. The highest BCUT2D eigenvalue weighted by molar-refractivity contribution is 5.78. The molecular weight excluding hydrogens is 397 g/mol. The third-order valence-electron chi connectivity index (χ3n) is 5.70. The van der Waals surface area contributed by atoms with Gasteiger partial charge in [0.25, 0.3) is 0 Å². The number of amides is 3. The number of carbonyl (C=O) groups is 2. The van der Waals surface area contributed by atoms with E-state index in [2.05, 4.69) is 10.6 Å². The van der Waals surface area contributed by atoms with Crippen LogP contribution in [0.15, 0.2) is 24.3 Å². The summed E-state index contributed by atoms with van der Waals surface area (Å²) >= 11 is 0. The van der Waals surface area contributed by atoms with Crippen molar-refractivity contribution in [2.75, 3.05) is 37.6 Å². The number of halogens is 3. The lowest BCUT2D eigenvalue weighted by Gasteiger charge is -2.36. The van der Waals surface area contributed by atoms with Crippen LogP contribution < -0.4 is 15.5 Å². The molecule has 3 amide bonds. The van der Waals surface area contributed by atoms with Gasteiger partial charge in [-0.05, 0) is 31.0 Å². The van der Waals surface area contributed by atoms with Crippen molar-refractivity contribution in [3.05, 3.63) is 29.8 Å². The summed E-state index contributed by atoms with van der Waals surface area (Å²) in [6.45, 7) is 2.01. The van der Waals surface area contributed by atoms with E-state index in [1.54, 1.807) is 11.0 Å². The Morgan fingerprint density at radius 1 is 1.03 bits per heavy atom. The van der Waals surface area contributed by atoms with E-state index in [1.165, 1.54) is 12.5 Å². The molecule has 1 saturated carbocycles. The number of benzene rings is 1. The second-order valence-electron chi connectivity index (χ2n) is 7.91. The van der Waals surface area contributed by atoms with Crippen LogP contribution in [0.4, 0.5) is 23.7 Å². The summed E-state index contributed by atoms with van der Waals surface area (Å²) in [5.74, 6) is -0.0448. The Labute approximate surface area is 174 Å². The van der Waals surface area contributed by atoms with Crippen LogP contribution in [-0.2, 0) is 11.0 Å². The maximum absolute atomic E-state index is 12.9. The minimum atomic E-state index is -4.37. The number of rotatable bonds is 5. The van der Waals surface area contributed by atoms with Gasteiger partial charge in [0.05, 0.1) is 5.56 Å². The van der Waals surface area contributed by atoms with E-state index >= 15 is 0 Å². The fourth-order valence-electron chi connectivity index (χ4n) is 3.99. The molecule has 3 rings (SSSR count). The molecule has 166 valence electrons. The van der Waals surface area contributed by atoms with Crippen LogP contribution in [0.1, 0.15) is 44.1 Å². The molecule has 0 unspecified atom stereocenters. The molecule has 1 aliphatic heterocycles. The number of nitrogens with one attached hydrogen (secondary N) is 2. The molecule has 1 saturated heterocycles. The molecule has 1 aromatic carbocycles. The molecule has 6 nitrogen and oxygen atoms in total. The maximum Gasteiger partial charge on any atom is 0.416 e. The van der Waals surface area contributed by atoms with E-state index in [9.17, 15) is 22.8 Å². The fourth-order valence-corrected chi connectivity index (χ4v) is 3.99. The zero-order valence-corrected chi connectivity index (χ0v) is 17.0. The Bertz CT molecular complexity index is 727. The van der Waals surface area contributed by atoms with Crippen molar-refractivity contribution in [2.24, 2.45) is 0 Å². The number of nitrogens with zero attached hydrogens (tertiary/aromatic N) is 2. The first-order chi connectivity index (χ1) is 14.3. The van der Waals surface area contributed by atoms with Crippen LogP contribution in [-0.4, -0.2) is 55.6 Å². The molecular formula is C21H29F3N4O2. The predicted octanol–water partition coefficient (Wildman–Crippen LogP) is 3.38. The van der Waals surface area contributed by atoms with Gasteiger partial charge in [0.2, 0.25) is 5.91 Å². The van der Waals surface area contributed by atoms with Gasteiger partial charge in [0.15, 0.2) is 0 Å². The number of urea groups is 1. The van der Waals surface area contributed by atoms with Crippen LogP contribution in [0, 0.1) is 0 Å². The van der Waals surface area contributed by atoms with Crippen molar-refractivity contribution >= 4 is 17.6 Å². The molecule has 30 heavy (non-hydrogen) atoms. The van der Waals surface area contributed by atoms with Gasteiger partial charge >= 0.3 is 12.2 Å². The maximum atomic E-state index is 12.9. The van der Waals surface area contributed by atoms with Crippen LogP contribution in [0.3, 0.4) is 0 Å². The van der Waals surface area contributed by atoms with E-state index in [1.807, 2.05) is 4.90 Å². The first-order valence-electron chi connectivity index (χ1n) is 10.6. The van der Waals surface area contributed by atoms with E-state index in [-0.39, 0.29) is 30.9 Å². The van der Waals surface area contributed by atoms with E-state index in [4.69, 9.17) is 0 Å². The third-order valence-corrected chi connectivity index (χ3v) is 5.70. The van der Waals surface area contributed by atoms with Gasteiger partial charge in [-0.3, -0.25) is 4.79 Å². The molecule has 0 spiro atoms. The quantitative estimate of drug-likeness (QED) is 0.759. The van der Waals surface area contributed by atoms with Crippen LogP contribution in [0.25, 0.3) is 0 Å². The summed E-state index contributed by atoms with van der Waals surface area (Å²) < 4.78 is 38.7. The molecule has 1 heterocycles. The highest BCUT2D eigenvalue weighted by atomic mass is 19.4. The minimum Gasteiger partial charge on any atom is -0.368 e. The number of hydrogen-bond acceptors (Lipinski definition) is 3. The van der Waals surface area contributed by atoms with Gasteiger partial charge < -0.3 is 20.4 Å². The number of alkyl halides is 3. The number of hydrogen-bond donors (Lipinski definition) is 2. The zero-order chi connectivity index (χ0) is 21.6. The molecule has 2 N–H and O–H groups in total. The SMILES string of the molecule is O=C(CCNC(=O)N1CCN(c2cccc(C(F)(F)F)c2)CC1)NC1CCCCC1. The van der Waals surface area contributed by atoms with Gasteiger partial charge in [-0.1, -0.05) is 25.3 Å². The first kappa shape index (κ1) is 22.2. The molecule has 9 heteroatoms. The van der Waals surface area contributed by atoms with E-state index < -0.39 is 11.7 Å². The third kappa shape index (κ3) is 6.27. The fraction of sp³-hybridized carbons (Fsp3) is 0.619. The number of carbonyl (C=O) groups excluding carboxylic acids is 2. The standard InChI is InChI=1S/C21H29F3N4O2/c22-21(23,24)16-5-4-8-18(15-16)27-11-13-28(14-12-27)20(30)25-10-9-19(29)26-17-6-2-1-3-7-17/h4-5,8,15,17H,1-3,6-7,9-14H2,(H,25,30)(H,26,29). The Kier molecular flexibility index (Phi) is 7.44. The average Bonchev–Trinajstić information content (AvgIpc) is 2.74. The van der Waals surface area contributed by atoms with Crippen molar-refractivity contribution < 1.29 is 22.8 Å². The molecule has 1 aliphatic carbocycles. The topological polar surface area (TPSA) is 64.7 Å². The van der Waals surface area contributed by atoms with Crippen LogP contribution >= 0.6 is 0 Å². The van der Waals surface area contributed by atoms with Crippen LogP contribution in [0.5, 0.6) is 0 Å². The predicted molar refractivity (Wildman–Crippen MR) is 108 cm³/mol. The molecule has 0 radical (unpaired) electrons. The summed E-state index contributed by atoms with van der Waals surface area (Å²) in [5, 5.41) is 5.78. The molecule has 0 atom stereocenters. The lowest BCUT2D eigenvalue weighted by molar-refractivity contribution is -0.137. The first-order valence-corrected chi connectivity index (χ1v) is 10.6. The minimum absolute atomic E-state index is 0.0448. The second-order valence-corrected chi connectivity index (χ2v) is 7.91. The summed E-state index contributed by atoms with van der Waals surface area (Å²) in [6, 6.07) is 5.25. The smallest absolute Gasteiger partial charge is 0.368 e. The Hall–Kier alpha value is -2.45. The average molecular weight is 426 g/mol. The normalized spacial score (nSPS) is 18.2. The summed E-state index contributed by atoms with van der Waals surface area (Å²) in [5.41, 5.74) is -0.170. The zero-order valence-electron chi connectivity index (χ0n) is 17.0. The molecule has 1 aromatic rings. The second kappa shape index (κ2) is 10.0. The lowest BCUT2D eigenvalue weighted by atomic mass is 9.95. The van der Waals surface area contributed by atoms with Gasteiger partial charge in [0, 0.05) is 50.9 Å². The summed E-state index contributed by atoms with van der Waals surface area (Å²) in [6.07, 6.45) is 1.43. The highest BCUT2D eigenvalue weighted by Crippen LogP contribution is 2.31. The van der Waals surface area contributed by atoms with E-state index in [0.29, 0.717) is 31.9 Å². The molecule has 2 aliphatic rings. The Morgan fingerprint density at radius 3 is 2.40 bits per heavy atom. The summed E-state index contributed by atoms with van der Waals surface area (Å²) in [4.78, 5) is 27.8. The van der Waals surface area contributed by atoms with Gasteiger partial charge in [-0.2, -0.15) is 13.2 Å². The van der Waals surface area contributed by atoms with Crippen molar-refractivity contribution in [3.63, 3.8) is 0 Å². The lowest BCUT2D eigenvalue weighted by Crippen LogP contribution is -2.52. The van der Waals surface area contributed by atoms with Crippen molar-refractivity contribution in [1.29, 1.82) is 0 Å². The molecule has 2 fully saturated rings. The number of anilines is 1. The van der Waals surface area contributed by atoms with Gasteiger partial charge in [-0.25, -0.2) is 4.79 Å². The van der Waals surface area contributed by atoms with Crippen molar-refractivity contribution in [1.82, 2.24) is 15.5 Å². The van der Waals surface area contributed by atoms with Gasteiger partial charge in [-0.15, -0.1) is 0 Å². The van der Waals surface area contributed by atoms with E-state index in [0.717, 1.165) is 37.8 Å². The molecule has 0 bridgehead atoms. The van der Waals surface area contributed by atoms with Gasteiger partial charge in [0.1, 0.15) is 0 Å². The van der Waals surface area contributed by atoms with Crippen LogP contribution in [0.2, 0.25) is 0 Å². The Morgan fingerprint density at radius 2 is 1.73 bits per heavy atom. The van der Waals surface area contributed by atoms with Crippen molar-refractivity contribution in [3.8, 4) is 0 Å². The monoisotopic (exact) mass is 426 g/mol.